The molecule has 4 rings (SSSR count). The number of aromatic amines is 1. The first-order valence-corrected chi connectivity index (χ1v) is 9.57. The molecule has 9 heteroatoms. The molecule has 0 radical (unpaired) electrons. The number of benzene rings is 1. The Morgan fingerprint density at radius 3 is 2.72 bits per heavy atom. The second-order valence-corrected chi connectivity index (χ2v) is 7.01. The second kappa shape index (κ2) is 7.94. The van der Waals surface area contributed by atoms with Crippen LogP contribution in [-0.4, -0.2) is 33.7 Å². The lowest BCUT2D eigenvalue weighted by atomic mass is 10.2. The molecule has 152 valence electrons. The SMILES string of the molecule is COc1cccc(CNc2ncc3c(=O)n(C4CCCC4)c(=O)[nH]c3n2)c1OC. The molecule has 3 aromatic rings. The zero-order chi connectivity index (χ0) is 20.4. The van der Waals surface area contributed by atoms with Crippen LogP contribution in [0.5, 0.6) is 11.5 Å². The smallest absolute Gasteiger partial charge is 0.330 e. The standard InChI is InChI=1S/C20H23N5O4/c1-28-15-9-5-6-12(16(15)29-2)10-21-19-22-11-14-17(23-19)24-20(27)25(18(14)26)13-7-3-4-8-13/h5-6,9,11,13H,3-4,7-8,10H2,1-2H3,(H2,21,22,23,24,27). The molecule has 1 saturated carbocycles. The summed E-state index contributed by atoms with van der Waals surface area (Å²) in [5.74, 6) is 1.55. The molecule has 0 atom stereocenters. The Hall–Kier alpha value is -3.36. The predicted molar refractivity (Wildman–Crippen MR) is 109 cm³/mol. The molecule has 2 aromatic heterocycles. The minimum Gasteiger partial charge on any atom is -0.493 e. The molecular weight excluding hydrogens is 374 g/mol. The van der Waals surface area contributed by atoms with E-state index in [0.717, 1.165) is 31.2 Å². The van der Waals surface area contributed by atoms with Crippen molar-refractivity contribution < 1.29 is 9.47 Å². The van der Waals surface area contributed by atoms with Crippen LogP contribution in [0.2, 0.25) is 0 Å². The summed E-state index contributed by atoms with van der Waals surface area (Å²) in [5.41, 5.74) is 0.329. The fraction of sp³-hybridized carbons (Fsp3) is 0.400. The predicted octanol–water partition coefficient (Wildman–Crippen LogP) is 2.22. The molecular formula is C20H23N5O4. The van der Waals surface area contributed by atoms with Crippen LogP contribution in [0, 0.1) is 0 Å². The van der Waals surface area contributed by atoms with Gasteiger partial charge in [-0.2, -0.15) is 4.98 Å². The van der Waals surface area contributed by atoms with E-state index >= 15 is 0 Å². The minimum atomic E-state index is -0.423. The van der Waals surface area contributed by atoms with Crippen LogP contribution in [0.25, 0.3) is 11.0 Å². The molecule has 0 spiro atoms. The van der Waals surface area contributed by atoms with Gasteiger partial charge in [0.15, 0.2) is 17.1 Å². The van der Waals surface area contributed by atoms with Crippen LogP contribution < -0.4 is 26.0 Å². The number of nitrogens with one attached hydrogen (secondary N) is 2. The third-order valence-corrected chi connectivity index (χ3v) is 5.29. The van der Waals surface area contributed by atoms with Crippen LogP contribution in [0.4, 0.5) is 5.95 Å². The van der Waals surface area contributed by atoms with Crippen molar-refractivity contribution in [1.29, 1.82) is 0 Å². The van der Waals surface area contributed by atoms with E-state index < -0.39 is 5.69 Å². The van der Waals surface area contributed by atoms with Gasteiger partial charge in [-0.1, -0.05) is 25.0 Å². The number of para-hydroxylation sites is 1. The van der Waals surface area contributed by atoms with E-state index in [0.29, 0.717) is 29.4 Å². The van der Waals surface area contributed by atoms with Gasteiger partial charge in [0.25, 0.3) is 5.56 Å². The maximum atomic E-state index is 12.8. The van der Waals surface area contributed by atoms with Crippen LogP contribution in [-0.2, 0) is 6.54 Å². The van der Waals surface area contributed by atoms with Gasteiger partial charge in [-0.3, -0.25) is 14.3 Å². The maximum absolute atomic E-state index is 12.8. The Balaban J connectivity index is 1.63. The van der Waals surface area contributed by atoms with Crippen molar-refractivity contribution in [3.63, 3.8) is 0 Å². The summed E-state index contributed by atoms with van der Waals surface area (Å²) >= 11 is 0. The second-order valence-electron chi connectivity index (χ2n) is 7.01. The summed E-state index contributed by atoms with van der Waals surface area (Å²) in [5, 5.41) is 3.41. The lowest BCUT2D eigenvalue weighted by Gasteiger charge is -2.14. The molecule has 9 nitrogen and oxygen atoms in total. The van der Waals surface area contributed by atoms with Gasteiger partial charge in [0.05, 0.1) is 14.2 Å². The summed E-state index contributed by atoms with van der Waals surface area (Å²) in [6.45, 7) is 0.384. The summed E-state index contributed by atoms with van der Waals surface area (Å²) in [4.78, 5) is 36.6. The lowest BCUT2D eigenvalue weighted by molar-refractivity contribution is 0.352. The first-order valence-electron chi connectivity index (χ1n) is 9.57. The number of aromatic nitrogens is 4. The average Bonchev–Trinajstić information content (AvgIpc) is 3.25. The fourth-order valence-corrected chi connectivity index (χ4v) is 3.86. The Morgan fingerprint density at radius 2 is 2.00 bits per heavy atom. The van der Waals surface area contributed by atoms with Crippen molar-refractivity contribution in [3.05, 3.63) is 50.8 Å². The number of hydrogen-bond acceptors (Lipinski definition) is 7. The number of methoxy groups -OCH3 is 2. The van der Waals surface area contributed by atoms with Gasteiger partial charge < -0.3 is 14.8 Å². The third-order valence-electron chi connectivity index (χ3n) is 5.29. The molecule has 0 saturated heterocycles. The van der Waals surface area contributed by atoms with Gasteiger partial charge in [0, 0.05) is 24.3 Å². The molecule has 0 bridgehead atoms. The summed E-state index contributed by atoms with van der Waals surface area (Å²) in [7, 11) is 3.16. The van der Waals surface area contributed by atoms with E-state index in [1.165, 1.54) is 10.8 Å². The largest absolute Gasteiger partial charge is 0.493 e. The highest BCUT2D eigenvalue weighted by atomic mass is 16.5. The number of H-pyrrole nitrogens is 1. The molecule has 0 amide bonds. The van der Waals surface area contributed by atoms with E-state index in [-0.39, 0.29) is 17.2 Å². The molecule has 1 aliphatic carbocycles. The Labute approximate surface area is 166 Å². The third kappa shape index (κ3) is 3.55. The lowest BCUT2D eigenvalue weighted by Crippen LogP contribution is -2.37. The molecule has 1 aromatic carbocycles. The fourth-order valence-electron chi connectivity index (χ4n) is 3.86. The van der Waals surface area contributed by atoms with E-state index in [2.05, 4.69) is 20.3 Å². The minimum absolute atomic E-state index is 0.0472. The zero-order valence-electron chi connectivity index (χ0n) is 16.4. The molecule has 1 fully saturated rings. The van der Waals surface area contributed by atoms with Gasteiger partial charge in [-0.05, 0) is 18.9 Å². The molecule has 1 aliphatic rings. The van der Waals surface area contributed by atoms with Crippen molar-refractivity contribution in [2.24, 2.45) is 0 Å². The number of fused-ring (bicyclic) bond motifs is 1. The molecule has 2 N–H and O–H groups in total. The Morgan fingerprint density at radius 1 is 1.21 bits per heavy atom. The highest BCUT2D eigenvalue weighted by Gasteiger charge is 2.22. The van der Waals surface area contributed by atoms with Crippen molar-refractivity contribution in [2.45, 2.75) is 38.3 Å². The number of nitrogens with zero attached hydrogens (tertiary/aromatic N) is 3. The maximum Gasteiger partial charge on any atom is 0.330 e. The van der Waals surface area contributed by atoms with Gasteiger partial charge in [0.1, 0.15) is 5.39 Å². The molecule has 29 heavy (non-hydrogen) atoms. The average molecular weight is 397 g/mol. The summed E-state index contributed by atoms with van der Waals surface area (Å²) < 4.78 is 12.0. The van der Waals surface area contributed by atoms with E-state index in [4.69, 9.17) is 9.47 Å². The quantitative estimate of drug-likeness (QED) is 0.656. The Kier molecular flexibility index (Phi) is 5.20. The zero-order valence-corrected chi connectivity index (χ0v) is 16.4. The van der Waals surface area contributed by atoms with Crippen molar-refractivity contribution in [2.75, 3.05) is 19.5 Å². The number of anilines is 1. The van der Waals surface area contributed by atoms with Crippen LogP contribution in [0.1, 0.15) is 37.3 Å². The first kappa shape index (κ1) is 19.0. The van der Waals surface area contributed by atoms with Crippen molar-refractivity contribution in [1.82, 2.24) is 19.5 Å². The van der Waals surface area contributed by atoms with E-state index in [9.17, 15) is 9.59 Å². The number of rotatable bonds is 6. The van der Waals surface area contributed by atoms with Gasteiger partial charge in [0.2, 0.25) is 5.95 Å². The molecule has 0 unspecified atom stereocenters. The number of ether oxygens (including phenoxy) is 2. The Bertz CT molecular complexity index is 1150. The monoisotopic (exact) mass is 397 g/mol. The van der Waals surface area contributed by atoms with E-state index in [1.54, 1.807) is 14.2 Å². The van der Waals surface area contributed by atoms with Crippen LogP contribution in [0.15, 0.2) is 34.0 Å². The van der Waals surface area contributed by atoms with Gasteiger partial charge in [-0.25, -0.2) is 9.78 Å². The van der Waals surface area contributed by atoms with Crippen molar-refractivity contribution in [3.8, 4) is 11.5 Å². The van der Waals surface area contributed by atoms with Crippen LogP contribution in [0.3, 0.4) is 0 Å². The molecule has 0 aliphatic heterocycles. The van der Waals surface area contributed by atoms with Gasteiger partial charge >= 0.3 is 5.69 Å². The topological polar surface area (TPSA) is 111 Å². The molecule has 2 heterocycles. The normalized spacial score (nSPS) is 14.3. The highest BCUT2D eigenvalue weighted by molar-refractivity contribution is 5.73. The summed E-state index contributed by atoms with van der Waals surface area (Å²) in [6, 6.07) is 5.53. The first-order chi connectivity index (χ1) is 14.1. The van der Waals surface area contributed by atoms with Crippen molar-refractivity contribution >= 4 is 17.0 Å². The van der Waals surface area contributed by atoms with Crippen LogP contribution >= 0.6 is 0 Å². The number of hydrogen-bond donors (Lipinski definition) is 2. The summed E-state index contributed by atoms with van der Waals surface area (Å²) in [6.07, 6.45) is 5.20. The highest BCUT2D eigenvalue weighted by Crippen LogP contribution is 2.31. The van der Waals surface area contributed by atoms with E-state index in [1.807, 2.05) is 18.2 Å². The van der Waals surface area contributed by atoms with Gasteiger partial charge in [-0.15, -0.1) is 0 Å².